The van der Waals surface area contributed by atoms with Crippen LogP contribution in [-0.2, 0) is 0 Å². The van der Waals surface area contributed by atoms with E-state index in [-0.39, 0.29) is 6.10 Å². The van der Waals surface area contributed by atoms with Gasteiger partial charge < -0.3 is 14.8 Å². The molecule has 1 aromatic carbocycles. The topological polar surface area (TPSA) is 30.5 Å². The van der Waals surface area contributed by atoms with Crippen LogP contribution < -0.4 is 14.8 Å². The Kier molecular flexibility index (Phi) is 4.68. The predicted molar refractivity (Wildman–Crippen MR) is 68.7 cm³/mol. The van der Waals surface area contributed by atoms with Crippen LogP contribution in [0.3, 0.4) is 0 Å². The molecule has 1 N–H and O–H groups in total. The highest BCUT2D eigenvalue weighted by atomic mass is 16.6. The van der Waals surface area contributed by atoms with E-state index in [0.717, 1.165) is 24.6 Å². The van der Waals surface area contributed by atoms with Gasteiger partial charge in [0.15, 0.2) is 11.5 Å². The molecule has 0 saturated carbocycles. The summed E-state index contributed by atoms with van der Waals surface area (Å²) in [4.78, 5) is 0. The molecule has 1 aromatic rings. The van der Waals surface area contributed by atoms with Crippen molar-refractivity contribution in [2.75, 3.05) is 19.7 Å². The Morgan fingerprint density at radius 2 is 2.06 bits per heavy atom. The van der Waals surface area contributed by atoms with Crippen LogP contribution in [0.4, 0.5) is 0 Å². The summed E-state index contributed by atoms with van der Waals surface area (Å²) in [5.74, 6) is 1.72. The summed E-state index contributed by atoms with van der Waals surface area (Å²) in [7, 11) is 0. The van der Waals surface area contributed by atoms with Crippen molar-refractivity contribution in [1.82, 2.24) is 5.32 Å². The van der Waals surface area contributed by atoms with Crippen LogP contribution in [0, 0.1) is 0 Å². The first kappa shape index (κ1) is 12.2. The second-order valence-electron chi connectivity index (χ2n) is 4.41. The van der Waals surface area contributed by atoms with E-state index in [4.69, 9.17) is 9.47 Å². The molecule has 3 heteroatoms. The minimum atomic E-state index is 0.131. The Morgan fingerprint density at radius 1 is 1.24 bits per heavy atom. The van der Waals surface area contributed by atoms with E-state index in [1.165, 1.54) is 19.3 Å². The lowest BCUT2D eigenvalue weighted by atomic mass is 10.2. The fraction of sp³-hybridized carbons (Fsp3) is 0.571. The Balaban J connectivity index is 1.71. The maximum atomic E-state index is 5.85. The van der Waals surface area contributed by atoms with E-state index in [9.17, 15) is 0 Å². The van der Waals surface area contributed by atoms with Crippen molar-refractivity contribution in [2.45, 2.75) is 32.3 Å². The van der Waals surface area contributed by atoms with Crippen molar-refractivity contribution < 1.29 is 9.47 Å². The zero-order valence-corrected chi connectivity index (χ0v) is 10.4. The Hall–Kier alpha value is -1.22. The lowest BCUT2D eigenvalue weighted by molar-refractivity contribution is 0.0905. The first-order chi connectivity index (χ1) is 8.40. The van der Waals surface area contributed by atoms with E-state index in [2.05, 4.69) is 12.2 Å². The molecule has 0 radical (unpaired) electrons. The minimum absolute atomic E-state index is 0.131. The van der Waals surface area contributed by atoms with Gasteiger partial charge in [-0.05, 0) is 25.1 Å². The lowest BCUT2D eigenvalue weighted by Crippen LogP contribution is -2.38. The average molecular weight is 235 g/mol. The number of ether oxygens (including phenoxy) is 2. The molecule has 0 aliphatic carbocycles. The summed E-state index contributed by atoms with van der Waals surface area (Å²) in [6.07, 6.45) is 3.92. The number of hydrogen-bond donors (Lipinski definition) is 1. The molecule has 1 aliphatic heterocycles. The van der Waals surface area contributed by atoms with Crippen LogP contribution in [0.15, 0.2) is 24.3 Å². The quantitative estimate of drug-likeness (QED) is 0.769. The maximum absolute atomic E-state index is 5.85. The Morgan fingerprint density at radius 3 is 2.88 bits per heavy atom. The summed E-state index contributed by atoms with van der Waals surface area (Å²) in [6.45, 7) is 4.78. The van der Waals surface area contributed by atoms with Gasteiger partial charge in [0, 0.05) is 6.54 Å². The molecule has 2 rings (SSSR count). The fourth-order valence-corrected chi connectivity index (χ4v) is 1.93. The molecule has 1 unspecified atom stereocenters. The van der Waals surface area contributed by atoms with Gasteiger partial charge >= 0.3 is 0 Å². The predicted octanol–water partition coefficient (Wildman–Crippen LogP) is 2.61. The van der Waals surface area contributed by atoms with Crippen molar-refractivity contribution in [3.8, 4) is 11.5 Å². The highest BCUT2D eigenvalue weighted by Gasteiger charge is 2.19. The van der Waals surface area contributed by atoms with Crippen LogP contribution in [0.2, 0.25) is 0 Å². The molecule has 0 saturated heterocycles. The largest absolute Gasteiger partial charge is 0.486 e. The highest BCUT2D eigenvalue weighted by molar-refractivity contribution is 5.40. The van der Waals surface area contributed by atoms with E-state index >= 15 is 0 Å². The number of nitrogens with one attached hydrogen (secondary N) is 1. The normalized spacial score (nSPS) is 18.1. The van der Waals surface area contributed by atoms with Gasteiger partial charge in [-0.2, -0.15) is 0 Å². The van der Waals surface area contributed by atoms with Gasteiger partial charge in [0.2, 0.25) is 0 Å². The van der Waals surface area contributed by atoms with E-state index < -0.39 is 0 Å². The van der Waals surface area contributed by atoms with Crippen molar-refractivity contribution >= 4 is 0 Å². The first-order valence-corrected chi connectivity index (χ1v) is 6.49. The first-order valence-electron chi connectivity index (χ1n) is 6.49. The summed E-state index contributed by atoms with van der Waals surface area (Å²) in [5, 5.41) is 3.42. The van der Waals surface area contributed by atoms with Crippen molar-refractivity contribution in [2.24, 2.45) is 0 Å². The molecule has 0 bridgehead atoms. The minimum Gasteiger partial charge on any atom is -0.486 e. The average Bonchev–Trinajstić information content (AvgIpc) is 2.38. The summed E-state index contributed by atoms with van der Waals surface area (Å²) < 4.78 is 11.5. The molecule has 1 aliphatic rings. The van der Waals surface area contributed by atoms with E-state index in [1.54, 1.807) is 0 Å². The smallest absolute Gasteiger partial charge is 0.161 e. The maximum Gasteiger partial charge on any atom is 0.161 e. The molecule has 0 amide bonds. The number of benzene rings is 1. The lowest BCUT2D eigenvalue weighted by Gasteiger charge is -2.26. The van der Waals surface area contributed by atoms with Gasteiger partial charge in [0.25, 0.3) is 0 Å². The molecule has 3 nitrogen and oxygen atoms in total. The monoisotopic (exact) mass is 235 g/mol. The summed E-state index contributed by atoms with van der Waals surface area (Å²) in [5.41, 5.74) is 0. The Labute approximate surface area is 103 Å². The van der Waals surface area contributed by atoms with E-state index in [1.807, 2.05) is 24.3 Å². The van der Waals surface area contributed by atoms with Crippen LogP contribution in [-0.4, -0.2) is 25.8 Å². The molecule has 0 aromatic heterocycles. The zero-order valence-electron chi connectivity index (χ0n) is 10.4. The third-order valence-corrected chi connectivity index (χ3v) is 2.90. The van der Waals surface area contributed by atoms with Gasteiger partial charge in [-0.25, -0.2) is 0 Å². The molecular formula is C14H21NO2. The van der Waals surface area contributed by atoms with Gasteiger partial charge in [-0.3, -0.25) is 0 Å². The Bertz CT molecular complexity index is 341. The van der Waals surface area contributed by atoms with Crippen molar-refractivity contribution in [3.63, 3.8) is 0 Å². The SMILES string of the molecule is CCCCCNCC1COc2ccccc2O1. The van der Waals surface area contributed by atoms with Crippen molar-refractivity contribution in [1.29, 1.82) is 0 Å². The fourth-order valence-electron chi connectivity index (χ4n) is 1.93. The van der Waals surface area contributed by atoms with Crippen LogP contribution in [0.5, 0.6) is 11.5 Å². The standard InChI is InChI=1S/C14H21NO2/c1-2-3-6-9-15-10-12-11-16-13-7-4-5-8-14(13)17-12/h4-5,7-8,12,15H,2-3,6,9-11H2,1H3. The summed E-state index contributed by atoms with van der Waals surface area (Å²) in [6, 6.07) is 7.84. The number of para-hydroxylation sites is 2. The molecule has 1 heterocycles. The number of fused-ring (bicyclic) bond motifs is 1. The molecule has 1 atom stereocenters. The highest BCUT2D eigenvalue weighted by Crippen LogP contribution is 2.30. The number of hydrogen-bond acceptors (Lipinski definition) is 3. The second kappa shape index (κ2) is 6.50. The molecule has 0 spiro atoms. The third kappa shape index (κ3) is 3.63. The summed E-state index contributed by atoms with van der Waals surface area (Å²) >= 11 is 0. The molecular weight excluding hydrogens is 214 g/mol. The van der Waals surface area contributed by atoms with Gasteiger partial charge in [0.05, 0.1) is 0 Å². The zero-order chi connectivity index (χ0) is 11.9. The van der Waals surface area contributed by atoms with Crippen molar-refractivity contribution in [3.05, 3.63) is 24.3 Å². The molecule has 0 fully saturated rings. The molecule has 17 heavy (non-hydrogen) atoms. The van der Waals surface area contributed by atoms with Crippen LogP contribution in [0.1, 0.15) is 26.2 Å². The van der Waals surface area contributed by atoms with Gasteiger partial charge in [0.1, 0.15) is 12.7 Å². The van der Waals surface area contributed by atoms with Crippen LogP contribution in [0.25, 0.3) is 0 Å². The number of rotatable bonds is 6. The van der Waals surface area contributed by atoms with Crippen LogP contribution >= 0.6 is 0 Å². The van der Waals surface area contributed by atoms with Gasteiger partial charge in [-0.15, -0.1) is 0 Å². The number of unbranched alkanes of at least 4 members (excludes halogenated alkanes) is 2. The molecule has 94 valence electrons. The second-order valence-corrected chi connectivity index (χ2v) is 4.41. The van der Waals surface area contributed by atoms with Gasteiger partial charge in [-0.1, -0.05) is 31.9 Å². The third-order valence-electron chi connectivity index (χ3n) is 2.90. The van der Waals surface area contributed by atoms with E-state index in [0.29, 0.717) is 6.61 Å².